The Morgan fingerprint density at radius 2 is 1.33 bits per heavy atom. The smallest absolute Gasteiger partial charge is 0.0814 e. The maximum absolute atomic E-state index is 7.57. The Balaban J connectivity index is -0.0000000800. The van der Waals surface area contributed by atoms with Crippen LogP contribution in [0.5, 0.6) is 0 Å². The van der Waals surface area contributed by atoms with Gasteiger partial charge >= 0.3 is 0 Å². The Kier molecular flexibility index (Phi) is 14.2. The quantitative estimate of drug-likeness (QED) is 0.440. The average Bonchev–Trinajstić information content (AvgIpc) is 1.27. The molecular formula is C6H20BNO. The zero-order chi connectivity index (χ0) is 7.21. The first-order valence-electron chi connectivity index (χ1n) is 2.81. The van der Waals surface area contributed by atoms with Crippen LogP contribution in [0.4, 0.5) is 0 Å². The summed E-state index contributed by atoms with van der Waals surface area (Å²) in [6.45, 7) is 7.83. The topological polar surface area (TPSA) is 46.2 Å². The van der Waals surface area contributed by atoms with E-state index in [0.717, 1.165) is 0 Å². The van der Waals surface area contributed by atoms with Crippen molar-refractivity contribution in [3.63, 3.8) is 0 Å². The SMILES string of the molecule is B.CC(C)(C)N.CCO. The Labute approximate surface area is 60.0 Å². The molecule has 0 aliphatic carbocycles. The lowest BCUT2D eigenvalue weighted by molar-refractivity contribution is 0.318. The minimum atomic E-state index is 0. The molecule has 0 unspecified atom stereocenters. The van der Waals surface area contributed by atoms with Gasteiger partial charge in [0.05, 0.1) is 8.41 Å². The number of aliphatic hydroxyl groups excluding tert-OH is 1. The van der Waals surface area contributed by atoms with E-state index in [-0.39, 0.29) is 20.6 Å². The first kappa shape index (κ1) is 16.0. The van der Waals surface area contributed by atoms with Crippen LogP contribution in [-0.2, 0) is 0 Å². The van der Waals surface area contributed by atoms with Gasteiger partial charge in [0, 0.05) is 12.1 Å². The molecule has 0 bridgehead atoms. The molecule has 58 valence electrons. The molecule has 3 N–H and O–H groups in total. The maximum atomic E-state index is 7.57. The Morgan fingerprint density at radius 3 is 1.33 bits per heavy atom. The Hall–Kier alpha value is -0.0151. The highest BCUT2D eigenvalue weighted by Gasteiger charge is 1.95. The fourth-order valence-corrected chi connectivity index (χ4v) is 0. The standard InChI is InChI=1S/C4H11N.C2H6O.BH3/c1-4(2,3)5;1-2-3;/h5H2,1-3H3;3H,2H2,1H3;1H3. The fraction of sp³-hybridized carbons (Fsp3) is 1.00. The van der Waals surface area contributed by atoms with Gasteiger partial charge in [-0.3, -0.25) is 0 Å². The van der Waals surface area contributed by atoms with E-state index in [0.29, 0.717) is 0 Å². The van der Waals surface area contributed by atoms with Gasteiger partial charge in [-0.25, -0.2) is 0 Å². The Bertz CT molecular complexity index is 36.8. The lowest BCUT2D eigenvalue weighted by Gasteiger charge is -2.06. The summed E-state index contributed by atoms with van der Waals surface area (Å²) >= 11 is 0. The van der Waals surface area contributed by atoms with E-state index in [4.69, 9.17) is 10.8 Å². The minimum Gasteiger partial charge on any atom is -0.397 e. The van der Waals surface area contributed by atoms with Gasteiger partial charge in [0.2, 0.25) is 0 Å². The summed E-state index contributed by atoms with van der Waals surface area (Å²) in [5, 5.41) is 7.57. The van der Waals surface area contributed by atoms with Crippen molar-refractivity contribution in [2.75, 3.05) is 6.61 Å². The molecular weight excluding hydrogens is 113 g/mol. The second kappa shape index (κ2) is 7.98. The molecule has 0 saturated heterocycles. The zero-order valence-electron chi connectivity index (χ0n) is 6.23. The van der Waals surface area contributed by atoms with Crippen LogP contribution < -0.4 is 5.73 Å². The highest BCUT2D eigenvalue weighted by Crippen LogP contribution is 1.88. The molecule has 2 nitrogen and oxygen atoms in total. The van der Waals surface area contributed by atoms with Crippen molar-refractivity contribution in [3.8, 4) is 0 Å². The highest BCUT2D eigenvalue weighted by atomic mass is 16.2. The van der Waals surface area contributed by atoms with Gasteiger partial charge in [0.1, 0.15) is 0 Å². The number of nitrogens with two attached hydrogens (primary N) is 1. The van der Waals surface area contributed by atoms with Gasteiger partial charge in [0.15, 0.2) is 0 Å². The third-order valence-corrected chi connectivity index (χ3v) is 0. The number of hydrogen-bond donors (Lipinski definition) is 2. The van der Waals surface area contributed by atoms with Gasteiger partial charge in [-0.1, -0.05) is 0 Å². The third-order valence-electron chi connectivity index (χ3n) is 0. The van der Waals surface area contributed by atoms with Gasteiger partial charge in [0.25, 0.3) is 0 Å². The Morgan fingerprint density at radius 1 is 1.33 bits per heavy atom. The van der Waals surface area contributed by atoms with Crippen LogP contribution in [0.15, 0.2) is 0 Å². The molecule has 9 heavy (non-hydrogen) atoms. The molecule has 0 amide bonds. The summed E-state index contributed by atoms with van der Waals surface area (Å²) in [4.78, 5) is 0. The van der Waals surface area contributed by atoms with E-state index in [1.54, 1.807) is 6.92 Å². The normalized spacial score (nSPS) is 8.67. The van der Waals surface area contributed by atoms with Crippen LogP contribution >= 0.6 is 0 Å². The molecule has 3 heteroatoms. The van der Waals surface area contributed by atoms with Crippen molar-refractivity contribution in [2.45, 2.75) is 33.2 Å². The van der Waals surface area contributed by atoms with Crippen LogP contribution in [0.3, 0.4) is 0 Å². The van der Waals surface area contributed by atoms with Crippen molar-refractivity contribution in [1.29, 1.82) is 0 Å². The molecule has 0 aliphatic heterocycles. The van der Waals surface area contributed by atoms with E-state index in [9.17, 15) is 0 Å². The van der Waals surface area contributed by atoms with Crippen molar-refractivity contribution in [3.05, 3.63) is 0 Å². The monoisotopic (exact) mass is 133 g/mol. The first-order valence-corrected chi connectivity index (χ1v) is 2.81. The van der Waals surface area contributed by atoms with Gasteiger partial charge in [-0.2, -0.15) is 0 Å². The van der Waals surface area contributed by atoms with Crippen LogP contribution in [0, 0.1) is 0 Å². The summed E-state index contributed by atoms with van der Waals surface area (Å²) in [7, 11) is 0. The van der Waals surface area contributed by atoms with Crippen molar-refractivity contribution in [1.82, 2.24) is 0 Å². The van der Waals surface area contributed by atoms with E-state index in [2.05, 4.69) is 0 Å². The number of hydrogen-bond acceptors (Lipinski definition) is 2. The molecule has 0 fully saturated rings. The summed E-state index contributed by atoms with van der Waals surface area (Å²) in [5.41, 5.74) is 5.35. The van der Waals surface area contributed by atoms with E-state index < -0.39 is 0 Å². The molecule has 0 aromatic heterocycles. The van der Waals surface area contributed by atoms with Crippen LogP contribution in [-0.4, -0.2) is 25.7 Å². The van der Waals surface area contributed by atoms with E-state index in [1.807, 2.05) is 20.8 Å². The first-order chi connectivity index (χ1) is 3.41. The van der Waals surface area contributed by atoms with Crippen molar-refractivity contribution in [2.24, 2.45) is 5.73 Å². The maximum Gasteiger partial charge on any atom is 0.0814 e. The van der Waals surface area contributed by atoms with Gasteiger partial charge in [-0.15, -0.1) is 0 Å². The van der Waals surface area contributed by atoms with Crippen molar-refractivity contribution < 1.29 is 5.11 Å². The lowest BCUT2D eigenvalue weighted by atomic mass is 10.1. The van der Waals surface area contributed by atoms with E-state index in [1.165, 1.54) is 0 Å². The summed E-state index contributed by atoms with van der Waals surface area (Å²) in [5.74, 6) is 0. The molecule has 0 aromatic rings. The molecule has 0 radical (unpaired) electrons. The lowest BCUT2D eigenvalue weighted by Crippen LogP contribution is -2.26. The predicted octanol–water partition coefficient (Wildman–Crippen LogP) is -0.442. The van der Waals surface area contributed by atoms with Crippen LogP contribution in [0.1, 0.15) is 27.7 Å². The third kappa shape index (κ3) is 1260000. The van der Waals surface area contributed by atoms with E-state index >= 15 is 0 Å². The van der Waals surface area contributed by atoms with Crippen LogP contribution in [0.2, 0.25) is 0 Å². The predicted molar refractivity (Wildman–Crippen MR) is 46.6 cm³/mol. The zero-order valence-corrected chi connectivity index (χ0v) is 6.23. The largest absolute Gasteiger partial charge is 0.397 e. The second-order valence-corrected chi connectivity index (χ2v) is 2.68. The molecule has 0 atom stereocenters. The molecule has 0 spiro atoms. The molecule has 0 aromatic carbocycles. The van der Waals surface area contributed by atoms with Gasteiger partial charge < -0.3 is 10.8 Å². The van der Waals surface area contributed by atoms with Gasteiger partial charge in [-0.05, 0) is 27.7 Å². The molecule has 0 aliphatic rings. The van der Waals surface area contributed by atoms with Crippen molar-refractivity contribution >= 4 is 8.41 Å². The summed E-state index contributed by atoms with van der Waals surface area (Å²) in [6, 6.07) is 0. The second-order valence-electron chi connectivity index (χ2n) is 2.68. The molecule has 0 saturated carbocycles. The minimum absolute atomic E-state index is 0. The molecule has 0 heterocycles. The van der Waals surface area contributed by atoms with Crippen LogP contribution in [0.25, 0.3) is 0 Å². The number of aliphatic hydroxyl groups is 1. The summed E-state index contributed by atoms with van der Waals surface area (Å²) in [6.07, 6.45) is 0. The molecule has 0 rings (SSSR count). The highest BCUT2D eigenvalue weighted by molar-refractivity contribution is 5.75. The number of rotatable bonds is 0. The summed E-state index contributed by atoms with van der Waals surface area (Å²) < 4.78 is 0. The fourth-order valence-electron chi connectivity index (χ4n) is 0. The average molecular weight is 133 g/mol.